The molecular formula is C6H10N2O. The molecule has 9 heavy (non-hydrogen) atoms. The van der Waals surface area contributed by atoms with E-state index in [0.29, 0.717) is 12.6 Å². The van der Waals surface area contributed by atoms with E-state index in [9.17, 15) is 4.79 Å². The first-order chi connectivity index (χ1) is 4.20. The van der Waals surface area contributed by atoms with Crippen LogP contribution in [0.4, 0.5) is 0 Å². The molecule has 1 heterocycles. The van der Waals surface area contributed by atoms with Gasteiger partial charge in [0.15, 0.2) is 0 Å². The Balaban J connectivity index is 2.50. The molecule has 50 valence electrons. The molecule has 0 bridgehead atoms. The third-order valence-corrected chi connectivity index (χ3v) is 1.33. The Bertz CT molecular complexity index is 151. The first-order valence-electron chi connectivity index (χ1n) is 3.03. The molecule has 0 aromatic carbocycles. The predicted molar refractivity (Wildman–Crippen MR) is 35.3 cm³/mol. The molecule has 0 saturated carbocycles. The quantitative estimate of drug-likeness (QED) is 0.505. The lowest BCUT2D eigenvalue weighted by Crippen LogP contribution is -2.28. The van der Waals surface area contributed by atoms with Gasteiger partial charge in [-0.2, -0.15) is 0 Å². The Morgan fingerprint density at radius 2 is 2.44 bits per heavy atom. The van der Waals surface area contributed by atoms with Crippen LogP contribution in [0.3, 0.4) is 0 Å². The van der Waals surface area contributed by atoms with E-state index in [0.717, 1.165) is 0 Å². The van der Waals surface area contributed by atoms with Crippen molar-refractivity contribution in [2.24, 2.45) is 4.99 Å². The maximum Gasteiger partial charge on any atom is 0.266 e. The fourth-order valence-corrected chi connectivity index (χ4v) is 0.692. The van der Waals surface area contributed by atoms with Gasteiger partial charge in [-0.15, -0.1) is 0 Å². The van der Waals surface area contributed by atoms with Crippen molar-refractivity contribution in [3.05, 3.63) is 0 Å². The molecule has 1 amide bonds. The summed E-state index contributed by atoms with van der Waals surface area (Å²) in [6.45, 7) is 4.52. The Morgan fingerprint density at radius 3 is 2.67 bits per heavy atom. The highest BCUT2D eigenvalue weighted by Crippen LogP contribution is 1.99. The molecule has 0 spiro atoms. The number of aliphatic imine (C=N–C) groups is 1. The van der Waals surface area contributed by atoms with Gasteiger partial charge >= 0.3 is 0 Å². The SMILES string of the molecule is CC(C)N1C=NC(=O)C1. The lowest BCUT2D eigenvalue weighted by molar-refractivity contribution is -0.117. The van der Waals surface area contributed by atoms with Crippen LogP contribution in [0.15, 0.2) is 4.99 Å². The molecule has 3 nitrogen and oxygen atoms in total. The average molecular weight is 126 g/mol. The van der Waals surface area contributed by atoms with Gasteiger partial charge < -0.3 is 4.90 Å². The van der Waals surface area contributed by atoms with Crippen LogP contribution in [0.1, 0.15) is 13.8 Å². The second-order valence-corrected chi connectivity index (χ2v) is 2.40. The van der Waals surface area contributed by atoms with Crippen molar-refractivity contribution in [2.45, 2.75) is 19.9 Å². The summed E-state index contributed by atoms with van der Waals surface area (Å²) in [4.78, 5) is 16.0. The van der Waals surface area contributed by atoms with Gasteiger partial charge in [-0.3, -0.25) is 4.79 Å². The molecule has 3 heteroatoms. The minimum absolute atomic E-state index is 0.0382. The number of hydrogen-bond acceptors (Lipinski definition) is 2. The first kappa shape index (κ1) is 6.26. The lowest BCUT2D eigenvalue weighted by Gasteiger charge is -2.16. The third-order valence-electron chi connectivity index (χ3n) is 1.33. The number of hydrogen-bond donors (Lipinski definition) is 0. The fourth-order valence-electron chi connectivity index (χ4n) is 0.692. The normalized spacial score (nSPS) is 18.1. The van der Waals surface area contributed by atoms with Gasteiger partial charge in [0.2, 0.25) is 0 Å². The third kappa shape index (κ3) is 1.28. The van der Waals surface area contributed by atoms with E-state index in [2.05, 4.69) is 4.99 Å². The monoisotopic (exact) mass is 126 g/mol. The Morgan fingerprint density at radius 1 is 1.78 bits per heavy atom. The molecule has 1 rings (SSSR count). The molecule has 0 radical (unpaired) electrons. The highest BCUT2D eigenvalue weighted by Gasteiger charge is 2.14. The van der Waals surface area contributed by atoms with E-state index in [1.165, 1.54) is 0 Å². The summed E-state index contributed by atoms with van der Waals surface area (Å²) in [5.74, 6) is -0.0382. The van der Waals surface area contributed by atoms with Gasteiger partial charge in [0, 0.05) is 6.04 Å². The molecule has 0 N–H and O–H groups in total. The van der Waals surface area contributed by atoms with Crippen molar-refractivity contribution in [3.63, 3.8) is 0 Å². The predicted octanol–water partition coefficient (Wildman–Crippen LogP) is 0.265. The Labute approximate surface area is 54.4 Å². The average Bonchev–Trinajstić information content (AvgIpc) is 2.14. The molecular weight excluding hydrogens is 116 g/mol. The van der Waals surface area contributed by atoms with Gasteiger partial charge in [0.05, 0.1) is 6.34 Å². The highest BCUT2D eigenvalue weighted by atomic mass is 16.2. The summed E-state index contributed by atoms with van der Waals surface area (Å²) < 4.78 is 0. The van der Waals surface area contributed by atoms with Crippen LogP contribution in [0.5, 0.6) is 0 Å². The zero-order valence-corrected chi connectivity index (χ0v) is 5.66. The zero-order valence-electron chi connectivity index (χ0n) is 5.66. The highest BCUT2D eigenvalue weighted by molar-refractivity contribution is 5.92. The van der Waals surface area contributed by atoms with Crippen LogP contribution in [-0.2, 0) is 4.79 Å². The fraction of sp³-hybridized carbons (Fsp3) is 0.667. The van der Waals surface area contributed by atoms with Gasteiger partial charge in [-0.1, -0.05) is 0 Å². The molecule has 0 fully saturated rings. The molecule has 0 aromatic rings. The van der Waals surface area contributed by atoms with Gasteiger partial charge in [0.25, 0.3) is 5.91 Å². The zero-order chi connectivity index (χ0) is 6.85. The molecule has 1 aliphatic heterocycles. The van der Waals surface area contributed by atoms with E-state index < -0.39 is 0 Å². The summed E-state index contributed by atoms with van der Waals surface area (Å²) in [6, 6.07) is 0.389. The maximum atomic E-state index is 10.5. The van der Waals surface area contributed by atoms with Gasteiger partial charge in [-0.25, -0.2) is 4.99 Å². The molecule has 0 saturated heterocycles. The Kier molecular flexibility index (Phi) is 1.51. The van der Waals surface area contributed by atoms with Crippen molar-refractivity contribution < 1.29 is 4.79 Å². The Hall–Kier alpha value is -0.860. The minimum atomic E-state index is -0.0382. The number of carbonyl (C=O) groups is 1. The van der Waals surface area contributed by atoms with E-state index in [1.807, 2.05) is 18.7 Å². The molecule has 0 aliphatic carbocycles. The van der Waals surface area contributed by atoms with E-state index >= 15 is 0 Å². The largest absolute Gasteiger partial charge is 0.351 e. The minimum Gasteiger partial charge on any atom is -0.351 e. The molecule has 0 aromatic heterocycles. The lowest BCUT2D eigenvalue weighted by atomic mass is 10.3. The van der Waals surface area contributed by atoms with Crippen molar-refractivity contribution in [1.29, 1.82) is 0 Å². The van der Waals surface area contributed by atoms with Gasteiger partial charge in [-0.05, 0) is 13.8 Å². The summed E-state index contributed by atoms with van der Waals surface area (Å²) in [5, 5.41) is 0. The second-order valence-electron chi connectivity index (χ2n) is 2.40. The molecule has 0 atom stereocenters. The van der Waals surface area contributed by atoms with Crippen molar-refractivity contribution in [1.82, 2.24) is 4.90 Å². The number of amides is 1. The summed E-state index contributed by atoms with van der Waals surface area (Å²) >= 11 is 0. The van der Waals surface area contributed by atoms with Crippen molar-refractivity contribution in [3.8, 4) is 0 Å². The number of nitrogens with zero attached hydrogens (tertiary/aromatic N) is 2. The number of carbonyl (C=O) groups excluding carboxylic acids is 1. The van der Waals surface area contributed by atoms with E-state index in [-0.39, 0.29) is 5.91 Å². The van der Waals surface area contributed by atoms with Crippen LogP contribution in [0, 0.1) is 0 Å². The van der Waals surface area contributed by atoms with Crippen molar-refractivity contribution in [2.75, 3.05) is 6.54 Å². The van der Waals surface area contributed by atoms with Crippen LogP contribution in [-0.4, -0.2) is 29.7 Å². The van der Waals surface area contributed by atoms with Crippen molar-refractivity contribution >= 4 is 12.2 Å². The van der Waals surface area contributed by atoms with Crippen LogP contribution < -0.4 is 0 Å². The standard InChI is InChI=1S/C6H10N2O/c1-5(2)8-3-6(9)7-4-8/h4-5H,3H2,1-2H3. The summed E-state index contributed by atoms with van der Waals surface area (Å²) in [5.41, 5.74) is 0. The maximum absolute atomic E-state index is 10.5. The van der Waals surface area contributed by atoms with Crippen LogP contribution >= 0.6 is 0 Å². The topological polar surface area (TPSA) is 32.7 Å². The molecule has 1 aliphatic rings. The summed E-state index contributed by atoms with van der Waals surface area (Å²) in [7, 11) is 0. The van der Waals surface area contributed by atoms with Crippen LogP contribution in [0.25, 0.3) is 0 Å². The second kappa shape index (κ2) is 2.17. The van der Waals surface area contributed by atoms with Crippen LogP contribution in [0.2, 0.25) is 0 Å². The van der Waals surface area contributed by atoms with Gasteiger partial charge in [0.1, 0.15) is 6.54 Å². The smallest absolute Gasteiger partial charge is 0.266 e. The number of rotatable bonds is 1. The van der Waals surface area contributed by atoms with E-state index in [4.69, 9.17) is 0 Å². The molecule has 0 unspecified atom stereocenters. The summed E-state index contributed by atoms with van der Waals surface area (Å²) in [6.07, 6.45) is 1.60. The first-order valence-corrected chi connectivity index (χ1v) is 3.03. The van der Waals surface area contributed by atoms with E-state index in [1.54, 1.807) is 6.34 Å².